The van der Waals surface area contributed by atoms with Gasteiger partial charge in [-0.25, -0.2) is 8.42 Å². The minimum absolute atomic E-state index is 0.0949. The van der Waals surface area contributed by atoms with Gasteiger partial charge in [0.2, 0.25) is 0 Å². The molecule has 138 valence electrons. The molecule has 26 heavy (non-hydrogen) atoms. The Morgan fingerprint density at radius 1 is 1.12 bits per heavy atom. The molecule has 2 aromatic rings. The third-order valence-corrected chi connectivity index (χ3v) is 5.24. The molecule has 0 fully saturated rings. The Bertz CT molecular complexity index is 907. The first kappa shape index (κ1) is 19.7. The normalized spacial score (nSPS) is 12.4. The van der Waals surface area contributed by atoms with Gasteiger partial charge in [-0.15, -0.1) is 0 Å². The largest absolute Gasteiger partial charge is 0.481 e. The van der Waals surface area contributed by atoms with Crippen molar-refractivity contribution in [1.82, 2.24) is 5.32 Å². The van der Waals surface area contributed by atoms with Crippen molar-refractivity contribution in [3.8, 4) is 0 Å². The summed E-state index contributed by atoms with van der Waals surface area (Å²) in [5, 5.41) is 11.7. The van der Waals surface area contributed by atoms with E-state index >= 15 is 0 Å². The SMILES string of the molecule is Cc1ccc(C(=O)NC(CCC(=O)O)c2ccccc2)cc1S(C)(=O)=O. The van der Waals surface area contributed by atoms with Crippen molar-refractivity contribution >= 4 is 21.7 Å². The highest BCUT2D eigenvalue weighted by Crippen LogP contribution is 2.21. The molecule has 7 heteroatoms. The number of carbonyl (C=O) groups is 2. The summed E-state index contributed by atoms with van der Waals surface area (Å²) in [5.74, 6) is -1.40. The van der Waals surface area contributed by atoms with E-state index in [2.05, 4.69) is 5.32 Å². The van der Waals surface area contributed by atoms with Gasteiger partial charge in [0.25, 0.3) is 5.91 Å². The Morgan fingerprint density at radius 2 is 1.77 bits per heavy atom. The number of aryl methyl sites for hydroxylation is 1. The van der Waals surface area contributed by atoms with Crippen LogP contribution in [-0.4, -0.2) is 31.7 Å². The second-order valence-electron chi connectivity index (χ2n) is 6.12. The molecule has 0 heterocycles. The Balaban J connectivity index is 2.28. The van der Waals surface area contributed by atoms with Gasteiger partial charge in [0.1, 0.15) is 0 Å². The molecule has 1 unspecified atom stereocenters. The van der Waals surface area contributed by atoms with Crippen LogP contribution < -0.4 is 5.32 Å². The average molecular weight is 375 g/mol. The number of carbonyl (C=O) groups excluding carboxylic acids is 1. The number of hydrogen-bond acceptors (Lipinski definition) is 4. The van der Waals surface area contributed by atoms with E-state index in [1.54, 1.807) is 19.1 Å². The van der Waals surface area contributed by atoms with Crippen LogP contribution in [0.25, 0.3) is 0 Å². The minimum Gasteiger partial charge on any atom is -0.481 e. The lowest BCUT2D eigenvalue weighted by Crippen LogP contribution is -2.29. The van der Waals surface area contributed by atoms with Crippen LogP contribution in [0.3, 0.4) is 0 Å². The lowest BCUT2D eigenvalue weighted by Gasteiger charge is -2.19. The van der Waals surface area contributed by atoms with Gasteiger partial charge < -0.3 is 10.4 Å². The van der Waals surface area contributed by atoms with Crippen molar-refractivity contribution < 1.29 is 23.1 Å². The molecule has 0 radical (unpaired) electrons. The first-order valence-corrected chi connectivity index (χ1v) is 9.96. The van der Waals surface area contributed by atoms with E-state index in [1.807, 2.05) is 30.3 Å². The van der Waals surface area contributed by atoms with Crippen LogP contribution in [0.1, 0.15) is 40.4 Å². The van der Waals surface area contributed by atoms with E-state index in [0.29, 0.717) is 5.56 Å². The number of aliphatic carboxylic acids is 1. The number of amides is 1. The molecular weight excluding hydrogens is 354 g/mol. The molecule has 0 bridgehead atoms. The highest BCUT2D eigenvalue weighted by atomic mass is 32.2. The predicted molar refractivity (Wildman–Crippen MR) is 97.8 cm³/mol. The Kier molecular flexibility index (Phi) is 6.15. The lowest BCUT2D eigenvalue weighted by atomic mass is 10.0. The molecule has 2 aromatic carbocycles. The van der Waals surface area contributed by atoms with Crippen molar-refractivity contribution in [2.75, 3.05) is 6.26 Å². The molecule has 0 saturated heterocycles. The summed E-state index contributed by atoms with van der Waals surface area (Å²) in [6.45, 7) is 1.66. The van der Waals surface area contributed by atoms with Gasteiger partial charge >= 0.3 is 5.97 Å². The maximum Gasteiger partial charge on any atom is 0.303 e. The van der Waals surface area contributed by atoms with Crippen LogP contribution in [0.4, 0.5) is 0 Å². The molecule has 1 atom stereocenters. The second-order valence-corrected chi connectivity index (χ2v) is 8.11. The van der Waals surface area contributed by atoms with Crippen molar-refractivity contribution in [3.05, 3.63) is 65.2 Å². The number of carboxylic acids is 1. The molecule has 1 amide bonds. The van der Waals surface area contributed by atoms with Crippen molar-refractivity contribution in [2.24, 2.45) is 0 Å². The standard InChI is InChI=1S/C19H21NO5S/c1-13-8-9-15(12-17(13)26(2,24)25)19(23)20-16(10-11-18(21)22)14-6-4-3-5-7-14/h3-9,12,16H,10-11H2,1-2H3,(H,20,23)(H,21,22). The minimum atomic E-state index is -3.45. The van der Waals surface area contributed by atoms with Crippen LogP contribution in [0, 0.1) is 6.92 Å². The van der Waals surface area contributed by atoms with Gasteiger partial charge in [-0.1, -0.05) is 36.4 Å². The van der Waals surface area contributed by atoms with Gasteiger partial charge in [-0.05, 0) is 36.6 Å². The molecule has 0 aliphatic heterocycles. The first-order valence-electron chi connectivity index (χ1n) is 8.07. The van der Waals surface area contributed by atoms with E-state index < -0.39 is 27.8 Å². The molecule has 2 N–H and O–H groups in total. The van der Waals surface area contributed by atoms with E-state index in [-0.39, 0.29) is 23.3 Å². The fourth-order valence-corrected chi connectivity index (χ4v) is 3.65. The van der Waals surface area contributed by atoms with Crippen molar-refractivity contribution in [2.45, 2.75) is 30.7 Å². The number of carboxylic acid groups (broad SMARTS) is 1. The molecular formula is C19H21NO5S. The predicted octanol–water partition coefficient (Wildman–Crippen LogP) is 2.73. The van der Waals surface area contributed by atoms with E-state index in [1.165, 1.54) is 6.07 Å². The highest BCUT2D eigenvalue weighted by Gasteiger charge is 2.19. The summed E-state index contributed by atoms with van der Waals surface area (Å²) >= 11 is 0. The van der Waals surface area contributed by atoms with Crippen LogP contribution in [0.2, 0.25) is 0 Å². The fraction of sp³-hybridized carbons (Fsp3) is 0.263. The maximum atomic E-state index is 12.6. The Morgan fingerprint density at radius 3 is 2.35 bits per heavy atom. The number of rotatable bonds is 7. The molecule has 0 aliphatic carbocycles. The first-order chi connectivity index (χ1) is 12.2. The number of nitrogens with one attached hydrogen (secondary N) is 1. The number of hydrogen-bond donors (Lipinski definition) is 2. The van der Waals surface area contributed by atoms with E-state index in [4.69, 9.17) is 5.11 Å². The summed E-state index contributed by atoms with van der Waals surface area (Å²) in [7, 11) is -3.45. The molecule has 2 rings (SSSR count). The summed E-state index contributed by atoms with van der Waals surface area (Å²) < 4.78 is 23.7. The quantitative estimate of drug-likeness (QED) is 0.775. The summed E-state index contributed by atoms with van der Waals surface area (Å²) in [6.07, 6.45) is 1.23. The zero-order valence-electron chi connectivity index (χ0n) is 14.6. The molecule has 6 nitrogen and oxygen atoms in total. The molecule has 0 saturated carbocycles. The smallest absolute Gasteiger partial charge is 0.303 e. The van der Waals surface area contributed by atoms with Gasteiger partial charge in [-0.3, -0.25) is 9.59 Å². The molecule has 0 aromatic heterocycles. The van der Waals surface area contributed by atoms with E-state index in [0.717, 1.165) is 11.8 Å². The van der Waals surface area contributed by atoms with Crippen molar-refractivity contribution in [3.63, 3.8) is 0 Å². The fourth-order valence-electron chi connectivity index (χ4n) is 2.66. The van der Waals surface area contributed by atoms with Crippen molar-refractivity contribution in [1.29, 1.82) is 0 Å². The maximum absolute atomic E-state index is 12.6. The molecule has 0 spiro atoms. The third kappa shape index (κ3) is 5.16. The zero-order chi connectivity index (χ0) is 19.3. The second kappa shape index (κ2) is 8.14. The van der Waals surface area contributed by atoms with Gasteiger partial charge in [0.15, 0.2) is 9.84 Å². The average Bonchev–Trinajstić information content (AvgIpc) is 2.58. The zero-order valence-corrected chi connectivity index (χ0v) is 15.4. The topological polar surface area (TPSA) is 101 Å². The van der Waals surface area contributed by atoms with Gasteiger partial charge in [0, 0.05) is 18.2 Å². The summed E-state index contributed by atoms with van der Waals surface area (Å²) in [5.41, 5.74) is 1.57. The highest BCUT2D eigenvalue weighted by molar-refractivity contribution is 7.90. The van der Waals surface area contributed by atoms with Crippen LogP contribution in [0.15, 0.2) is 53.4 Å². The van der Waals surface area contributed by atoms with Crippen LogP contribution >= 0.6 is 0 Å². The molecule has 0 aliphatic rings. The van der Waals surface area contributed by atoms with Crippen LogP contribution in [0.5, 0.6) is 0 Å². The number of benzene rings is 2. The monoisotopic (exact) mass is 375 g/mol. The summed E-state index contributed by atoms with van der Waals surface area (Å²) in [6, 6.07) is 13.1. The Hall–Kier alpha value is -2.67. The summed E-state index contributed by atoms with van der Waals surface area (Å²) in [4.78, 5) is 23.6. The van der Waals surface area contributed by atoms with Gasteiger partial charge in [-0.2, -0.15) is 0 Å². The lowest BCUT2D eigenvalue weighted by molar-refractivity contribution is -0.137. The Labute approximate surface area is 152 Å². The number of sulfone groups is 1. The third-order valence-electron chi connectivity index (χ3n) is 4.00. The van der Waals surface area contributed by atoms with Crippen LogP contribution in [-0.2, 0) is 14.6 Å². The van der Waals surface area contributed by atoms with Gasteiger partial charge in [0.05, 0.1) is 10.9 Å². The van der Waals surface area contributed by atoms with E-state index in [9.17, 15) is 18.0 Å².